The summed E-state index contributed by atoms with van der Waals surface area (Å²) in [6.07, 6.45) is 9.20. The van der Waals surface area contributed by atoms with Crippen molar-refractivity contribution in [2.24, 2.45) is 11.7 Å². The smallest absolute Gasteiger partial charge is 0.122 e. The molecule has 15 heavy (non-hydrogen) atoms. The summed E-state index contributed by atoms with van der Waals surface area (Å²) >= 11 is 0. The summed E-state index contributed by atoms with van der Waals surface area (Å²) in [6, 6.07) is 0. The third-order valence-electron chi connectivity index (χ3n) is 2.12. The number of amidine groups is 1. The summed E-state index contributed by atoms with van der Waals surface area (Å²) in [6.45, 7) is 8.23. The van der Waals surface area contributed by atoms with E-state index in [1.807, 2.05) is 32.1 Å². The van der Waals surface area contributed by atoms with E-state index in [0.29, 0.717) is 5.92 Å². The van der Waals surface area contributed by atoms with E-state index in [1.165, 1.54) is 5.57 Å². The predicted molar refractivity (Wildman–Crippen MR) is 68.0 cm³/mol. The maximum absolute atomic E-state index is 7.33. The van der Waals surface area contributed by atoms with E-state index in [-0.39, 0.29) is 5.84 Å². The lowest BCUT2D eigenvalue weighted by Crippen LogP contribution is -2.11. The second-order valence-corrected chi connectivity index (χ2v) is 3.32. The zero-order chi connectivity index (χ0) is 11.8. The van der Waals surface area contributed by atoms with E-state index >= 15 is 0 Å². The molecule has 3 N–H and O–H groups in total. The van der Waals surface area contributed by atoms with Crippen LogP contribution in [0.25, 0.3) is 0 Å². The lowest BCUT2D eigenvalue weighted by Gasteiger charge is -2.00. The minimum atomic E-state index is 0.147. The van der Waals surface area contributed by atoms with Gasteiger partial charge in [-0.25, -0.2) is 0 Å². The van der Waals surface area contributed by atoms with Gasteiger partial charge in [-0.2, -0.15) is 0 Å². The molecule has 0 saturated carbocycles. The Bertz CT molecular complexity index is 296. The normalized spacial score (nSPS) is 19.3. The largest absolute Gasteiger partial charge is 0.384 e. The van der Waals surface area contributed by atoms with Gasteiger partial charge in [0.05, 0.1) is 0 Å². The van der Waals surface area contributed by atoms with Crippen LogP contribution in [0.1, 0.15) is 34.1 Å². The Morgan fingerprint density at radius 2 is 1.93 bits per heavy atom. The second-order valence-electron chi connectivity index (χ2n) is 3.32. The molecule has 84 valence electrons. The first-order valence-corrected chi connectivity index (χ1v) is 5.58. The van der Waals surface area contributed by atoms with Gasteiger partial charge in [0.2, 0.25) is 0 Å². The first-order chi connectivity index (χ1) is 7.13. The van der Waals surface area contributed by atoms with Gasteiger partial charge in [-0.3, -0.25) is 5.41 Å². The molecule has 2 nitrogen and oxygen atoms in total. The molecule has 0 aromatic carbocycles. The van der Waals surface area contributed by atoms with Crippen molar-refractivity contribution in [3.63, 3.8) is 0 Å². The van der Waals surface area contributed by atoms with Crippen LogP contribution in [0, 0.1) is 11.3 Å². The molecule has 0 aromatic rings. The molecular weight excluding hydrogens is 184 g/mol. The van der Waals surface area contributed by atoms with E-state index < -0.39 is 0 Å². The molecule has 0 fully saturated rings. The average molecular weight is 206 g/mol. The monoisotopic (exact) mass is 206 g/mol. The van der Waals surface area contributed by atoms with Crippen molar-refractivity contribution in [1.82, 2.24) is 0 Å². The molecule has 2 heteroatoms. The predicted octanol–water partition coefficient (Wildman–Crippen LogP) is 3.42. The van der Waals surface area contributed by atoms with Crippen LogP contribution in [0.2, 0.25) is 0 Å². The first-order valence-electron chi connectivity index (χ1n) is 5.58. The molecule has 0 spiro atoms. The van der Waals surface area contributed by atoms with Crippen LogP contribution in [0.3, 0.4) is 0 Å². The van der Waals surface area contributed by atoms with E-state index in [2.05, 4.69) is 19.9 Å². The maximum Gasteiger partial charge on any atom is 0.122 e. The van der Waals surface area contributed by atoms with Crippen LogP contribution in [0.15, 0.2) is 35.5 Å². The fourth-order valence-corrected chi connectivity index (χ4v) is 1.39. The number of nitrogens with one attached hydrogen (secondary N) is 1. The Balaban J connectivity index is 0.000000921. The van der Waals surface area contributed by atoms with E-state index in [0.717, 1.165) is 12.0 Å². The fraction of sp³-hybridized carbons (Fsp3) is 0.462. The molecule has 1 unspecified atom stereocenters. The third kappa shape index (κ3) is 4.63. The Labute approximate surface area is 93.1 Å². The van der Waals surface area contributed by atoms with Crippen LogP contribution >= 0.6 is 0 Å². The molecule has 0 bridgehead atoms. The highest BCUT2D eigenvalue weighted by atomic mass is 14.7. The van der Waals surface area contributed by atoms with Gasteiger partial charge >= 0.3 is 0 Å². The van der Waals surface area contributed by atoms with Gasteiger partial charge in [-0.15, -0.1) is 0 Å². The Morgan fingerprint density at radius 1 is 1.33 bits per heavy atom. The van der Waals surface area contributed by atoms with Crippen molar-refractivity contribution in [3.05, 3.63) is 35.5 Å². The van der Waals surface area contributed by atoms with Gasteiger partial charge in [0, 0.05) is 5.57 Å². The summed E-state index contributed by atoms with van der Waals surface area (Å²) in [5.41, 5.74) is 7.56. The van der Waals surface area contributed by atoms with Gasteiger partial charge in [-0.05, 0) is 12.3 Å². The molecular formula is C13H22N2. The minimum absolute atomic E-state index is 0.147. The molecule has 0 aromatic heterocycles. The quantitative estimate of drug-likeness (QED) is 0.528. The van der Waals surface area contributed by atoms with E-state index in [1.54, 1.807) is 0 Å². The summed E-state index contributed by atoms with van der Waals surface area (Å²) in [5.74, 6) is 0.512. The standard InChI is InChI=1S/C11H16N2.C2H6/c1-3-9-4-5-10(11(12)13)7-8(2)6-9;1-2/h4-8H,3H2,1-2H3,(H3,12,13);1-2H3. The maximum atomic E-state index is 7.33. The molecule has 1 atom stereocenters. The highest BCUT2D eigenvalue weighted by Gasteiger charge is 2.04. The van der Waals surface area contributed by atoms with Crippen molar-refractivity contribution in [2.75, 3.05) is 0 Å². The van der Waals surface area contributed by atoms with Crippen molar-refractivity contribution < 1.29 is 0 Å². The summed E-state index contributed by atoms with van der Waals surface area (Å²) in [4.78, 5) is 0. The lowest BCUT2D eigenvalue weighted by atomic mass is 10.1. The molecule has 0 radical (unpaired) electrons. The first kappa shape index (κ1) is 13.7. The molecule has 1 aliphatic carbocycles. The van der Waals surface area contributed by atoms with Crippen LogP contribution in [-0.4, -0.2) is 5.84 Å². The molecule has 0 heterocycles. The highest BCUT2D eigenvalue weighted by molar-refractivity contribution is 5.97. The lowest BCUT2D eigenvalue weighted by molar-refractivity contribution is 0.918. The Kier molecular flexibility index (Phi) is 6.43. The van der Waals surface area contributed by atoms with Gasteiger partial charge < -0.3 is 5.73 Å². The number of allylic oxidation sites excluding steroid dienone is 4. The van der Waals surface area contributed by atoms with Crippen LogP contribution < -0.4 is 5.73 Å². The molecule has 1 rings (SSSR count). The summed E-state index contributed by atoms with van der Waals surface area (Å²) in [7, 11) is 0. The molecule has 0 saturated heterocycles. The van der Waals surface area contributed by atoms with Crippen LogP contribution in [-0.2, 0) is 0 Å². The van der Waals surface area contributed by atoms with Crippen molar-refractivity contribution in [2.45, 2.75) is 34.1 Å². The van der Waals surface area contributed by atoms with Gasteiger partial charge in [-0.1, -0.05) is 57.6 Å². The zero-order valence-electron chi connectivity index (χ0n) is 10.2. The topological polar surface area (TPSA) is 49.9 Å². The summed E-state index contributed by atoms with van der Waals surface area (Å²) in [5, 5.41) is 7.33. The summed E-state index contributed by atoms with van der Waals surface area (Å²) < 4.78 is 0. The van der Waals surface area contributed by atoms with Crippen LogP contribution in [0.5, 0.6) is 0 Å². The highest BCUT2D eigenvalue weighted by Crippen LogP contribution is 2.16. The minimum Gasteiger partial charge on any atom is -0.384 e. The molecule has 0 aliphatic heterocycles. The van der Waals surface area contributed by atoms with Gasteiger partial charge in [0.1, 0.15) is 5.84 Å². The van der Waals surface area contributed by atoms with Gasteiger partial charge in [0.25, 0.3) is 0 Å². The van der Waals surface area contributed by atoms with Crippen LogP contribution in [0.4, 0.5) is 0 Å². The zero-order valence-corrected chi connectivity index (χ0v) is 10.2. The molecule has 1 aliphatic rings. The number of rotatable bonds is 2. The Morgan fingerprint density at radius 3 is 2.40 bits per heavy atom. The Hall–Kier alpha value is -1.31. The van der Waals surface area contributed by atoms with Crippen molar-refractivity contribution in [1.29, 1.82) is 5.41 Å². The SMILES string of the molecule is CC.CCC1=CC(C)C=C(C(=N)N)C=C1. The van der Waals surface area contributed by atoms with E-state index in [9.17, 15) is 0 Å². The van der Waals surface area contributed by atoms with E-state index in [4.69, 9.17) is 11.1 Å². The number of hydrogen-bond acceptors (Lipinski definition) is 1. The third-order valence-corrected chi connectivity index (χ3v) is 2.12. The fourth-order valence-electron chi connectivity index (χ4n) is 1.39. The number of hydrogen-bond donors (Lipinski definition) is 2. The van der Waals surface area contributed by atoms with Crippen molar-refractivity contribution in [3.8, 4) is 0 Å². The van der Waals surface area contributed by atoms with Gasteiger partial charge in [0.15, 0.2) is 0 Å². The second kappa shape index (κ2) is 7.04. The number of nitrogens with two attached hydrogens (primary N) is 1. The average Bonchev–Trinajstić information content (AvgIpc) is 2.42. The van der Waals surface area contributed by atoms with Crippen molar-refractivity contribution >= 4 is 5.84 Å². The molecule has 0 amide bonds.